The Labute approximate surface area is 112 Å². The molecule has 0 amide bonds. The summed E-state index contributed by atoms with van der Waals surface area (Å²) in [6, 6.07) is 7.88. The second kappa shape index (κ2) is 4.38. The largest absolute Gasteiger partial charge is 0.338 e. The molecular weight excluding hydrogens is 294 g/mol. The lowest BCUT2D eigenvalue weighted by Crippen LogP contribution is -1.95. The quantitative estimate of drug-likeness (QED) is 0.763. The summed E-state index contributed by atoms with van der Waals surface area (Å²) in [5.74, 6) is 0.701. The van der Waals surface area contributed by atoms with Crippen LogP contribution in [0.4, 0.5) is 11.5 Å². The van der Waals surface area contributed by atoms with Crippen molar-refractivity contribution in [3.05, 3.63) is 40.8 Å². The average Bonchev–Trinajstić information content (AvgIpc) is 2.76. The Balaban J connectivity index is 2.02. The highest BCUT2D eigenvalue weighted by molar-refractivity contribution is 9.10. The van der Waals surface area contributed by atoms with Crippen LogP contribution < -0.4 is 5.32 Å². The van der Waals surface area contributed by atoms with Crippen LogP contribution in [0.2, 0.25) is 0 Å². The maximum atomic E-state index is 4.22. The van der Waals surface area contributed by atoms with Gasteiger partial charge in [0, 0.05) is 10.2 Å². The summed E-state index contributed by atoms with van der Waals surface area (Å²) in [6.07, 6.45) is 1.53. The van der Waals surface area contributed by atoms with E-state index < -0.39 is 0 Å². The van der Waals surface area contributed by atoms with Crippen LogP contribution in [0.15, 0.2) is 35.1 Å². The monoisotopic (exact) mass is 303 g/mol. The van der Waals surface area contributed by atoms with Crippen molar-refractivity contribution in [2.45, 2.75) is 6.92 Å². The number of rotatable bonds is 2. The van der Waals surface area contributed by atoms with Gasteiger partial charge in [0.15, 0.2) is 11.3 Å². The molecule has 0 spiro atoms. The highest BCUT2D eigenvalue weighted by Crippen LogP contribution is 2.23. The van der Waals surface area contributed by atoms with E-state index in [0.29, 0.717) is 5.82 Å². The van der Waals surface area contributed by atoms with Crippen molar-refractivity contribution in [2.24, 2.45) is 0 Å². The third kappa shape index (κ3) is 1.95. The molecule has 2 heterocycles. The second-order valence-electron chi connectivity index (χ2n) is 3.90. The first-order valence-corrected chi connectivity index (χ1v) is 6.21. The summed E-state index contributed by atoms with van der Waals surface area (Å²) < 4.78 is 1.04. The molecule has 0 radical (unpaired) electrons. The van der Waals surface area contributed by atoms with Crippen molar-refractivity contribution in [1.82, 2.24) is 20.2 Å². The van der Waals surface area contributed by atoms with Gasteiger partial charge in [-0.2, -0.15) is 5.10 Å². The average molecular weight is 304 g/mol. The standard InChI is InChI=1S/C12H10BrN5/c1-7-10-11(18-17-7)12(15-6-14-10)16-9-4-2-8(13)3-5-9/h2-6H,1H3,(H,17,18)(H,14,15,16). The van der Waals surface area contributed by atoms with Gasteiger partial charge in [-0.1, -0.05) is 15.9 Å². The van der Waals surface area contributed by atoms with E-state index >= 15 is 0 Å². The maximum Gasteiger partial charge on any atom is 0.162 e. The van der Waals surface area contributed by atoms with Crippen LogP contribution in [0, 0.1) is 6.92 Å². The van der Waals surface area contributed by atoms with Crippen LogP contribution in [0.5, 0.6) is 0 Å². The molecule has 0 aliphatic rings. The van der Waals surface area contributed by atoms with Crippen LogP contribution >= 0.6 is 15.9 Å². The summed E-state index contributed by atoms with van der Waals surface area (Å²) in [4.78, 5) is 8.43. The van der Waals surface area contributed by atoms with Crippen molar-refractivity contribution >= 4 is 38.5 Å². The Morgan fingerprint density at radius 3 is 2.67 bits per heavy atom. The smallest absolute Gasteiger partial charge is 0.162 e. The third-order valence-electron chi connectivity index (χ3n) is 2.62. The minimum atomic E-state index is 0.701. The molecule has 0 bridgehead atoms. The normalized spacial score (nSPS) is 10.8. The molecule has 3 aromatic rings. The summed E-state index contributed by atoms with van der Waals surface area (Å²) in [5, 5.41) is 10.4. The lowest BCUT2D eigenvalue weighted by molar-refractivity contribution is 1.07. The number of hydrogen-bond donors (Lipinski definition) is 2. The van der Waals surface area contributed by atoms with Crippen molar-refractivity contribution in [2.75, 3.05) is 5.32 Å². The minimum absolute atomic E-state index is 0.701. The van der Waals surface area contributed by atoms with Gasteiger partial charge in [0.25, 0.3) is 0 Å². The Hall–Kier alpha value is -1.95. The van der Waals surface area contributed by atoms with Gasteiger partial charge in [-0.3, -0.25) is 5.10 Å². The number of aromatic nitrogens is 4. The first kappa shape index (κ1) is 11.2. The predicted molar refractivity (Wildman–Crippen MR) is 73.8 cm³/mol. The van der Waals surface area contributed by atoms with Gasteiger partial charge in [-0.15, -0.1) is 0 Å². The number of aryl methyl sites for hydroxylation is 1. The molecule has 6 heteroatoms. The lowest BCUT2D eigenvalue weighted by Gasteiger charge is -2.05. The van der Waals surface area contributed by atoms with E-state index in [1.807, 2.05) is 31.2 Å². The number of fused-ring (bicyclic) bond motifs is 1. The van der Waals surface area contributed by atoms with Gasteiger partial charge in [0.05, 0.1) is 5.69 Å². The van der Waals surface area contributed by atoms with Crippen molar-refractivity contribution in [3.63, 3.8) is 0 Å². The fourth-order valence-corrected chi connectivity index (χ4v) is 1.98. The number of nitrogens with zero attached hydrogens (tertiary/aromatic N) is 3. The first-order valence-electron chi connectivity index (χ1n) is 5.42. The molecule has 5 nitrogen and oxygen atoms in total. The van der Waals surface area contributed by atoms with Crippen LogP contribution in [-0.4, -0.2) is 20.2 Å². The van der Waals surface area contributed by atoms with Crippen molar-refractivity contribution in [1.29, 1.82) is 0 Å². The van der Waals surface area contributed by atoms with Gasteiger partial charge in [-0.25, -0.2) is 9.97 Å². The fraction of sp³-hybridized carbons (Fsp3) is 0.0833. The molecule has 1 aromatic carbocycles. The van der Waals surface area contributed by atoms with Gasteiger partial charge in [0.2, 0.25) is 0 Å². The summed E-state index contributed by atoms with van der Waals surface area (Å²) >= 11 is 3.40. The lowest BCUT2D eigenvalue weighted by atomic mass is 10.3. The Morgan fingerprint density at radius 2 is 1.89 bits per heavy atom. The second-order valence-corrected chi connectivity index (χ2v) is 4.82. The molecule has 2 N–H and O–H groups in total. The van der Waals surface area contributed by atoms with E-state index in [1.165, 1.54) is 6.33 Å². The molecule has 90 valence electrons. The van der Waals surface area contributed by atoms with Crippen LogP contribution in [0.1, 0.15) is 5.69 Å². The first-order chi connectivity index (χ1) is 8.74. The van der Waals surface area contributed by atoms with Crippen LogP contribution in [0.3, 0.4) is 0 Å². The zero-order valence-corrected chi connectivity index (χ0v) is 11.2. The minimum Gasteiger partial charge on any atom is -0.338 e. The summed E-state index contributed by atoms with van der Waals surface area (Å²) in [6.45, 7) is 1.94. The molecule has 0 aliphatic carbocycles. The predicted octanol–water partition coefficient (Wildman–Crippen LogP) is 3.17. The van der Waals surface area contributed by atoms with Crippen LogP contribution in [0.25, 0.3) is 11.0 Å². The molecule has 2 aromatic heterocycles. The maximum absolute atomic E-state index is 4.22. The zero-order chi connectivity index (χ0) is 12.5. The highest BCUT2D eigenvalue weighted by Gasteiger charge is 2.09. The number of hydrogen-bond acceptors (Lipinski definition) is 4. The van der Waals surface area contributed by atoms with Crippen molar-refractivity contribution < 1.29 is 0 Å². The topological polar surface area (TPSA) is 66.5 Å². The molecule has 0 aliphatic heterocycles. The SMILES string of the molecule is Cc1[nH]nc2c(Nc3ccc(Br)cc3)ncnc12. The Kier molecular flexibility index (Phi) is 2.71. The molecular formula is C12H10BrN5. The Morgan fingerprint density at radius 1 is 1.11 bits per heavy atom. The van der Waals surface area contributed by atoms with E-state index in [2.05, 4.69) is 41.4 Å². The van der Waals surface area contributed by atoms with Crippen LogP contribution in [-0.2, 0) is 0 Å². The third-order valence-corrected chi connectivity index (χ3v) is 3.15. The highest BCUT2D eigenvalue weighted by atomic mass is 79.9. The number of benzene rings is 1. The van der Waals surface area contributed by atoms with E-state index in [-0.39, 0.29) is 0 Å². The molecule has 3 rings (SSSR count). The van der Waals surface area contributed by atoms with E-state index in [1.54, 1.807) is 0 Å². The molecule has 18 heavy (non-hydrogen) atoms. The van der Waals surface area contributed by atoms with E-state index in [0.717, 1.165) is 26.9 Å². The number of anilines is 2. The van der Waals surface area contributed by atoms with E-state index in [9.17, 15) is 0 Å². The number of nitrogens with one attached hydrogen (secondary N) is 2. The van der Waals surface area contributed by atoms with Gasteiger partial charge in [0.1, 0.15) is 11.8 Å². The number of H-pyrrole nitrogens is 1. The number of aromatic amines is 1. The zero-order valence-electron chi connectivity index (χ0n) is 9.61. The molecule has 0 saturated heterocycles. The molecule has 0 saturated carbocycles. The van der Waals surface area contributed by atoms with Gasteiger partial charge >= 0.3 is 0 Å². The summed E-state index contributed by atoms with van der Waals surface area (Å²) in [7, 11) is 0. The van der Waals surface area contributed by atoms with E-state index in [4.69, 9.17) is 0 Å². The Bertz CT molecular complexity index is 689. The molecule has 0 atom stereocenters. The molecule has 0 unspecified atom stereocenters. The van der Waals surface area contributed by atoms with Gasteiger partial charge < -0.3 is 5.32 Å². The fourth-order valence-electron chi connectivity index (χ4n) is 1.71. The summed E-state index contributed by atoms with van der Waals surface area (Å²) in [5.41, 5.74) is 3.48. The number of halogens is 1. The van der Waals surface area contributed by atoms with Gasteiger partial charge in [-0.05, 0) is 31.2 Å². The van der Waals surface area contributed by atoms with Crippen molar-refractivity contribution in [3.8, 4) is 0 Å². The molecule has 0 fully saturated rings.